The number of likely N-dealkylation sites (N-methyl/N-ethyl adjacent to an activating group) is 1. The smallest absolute Gasteiger partial charge is 0.0593 e. The van der Waals surface area contributed by atoms with Crippen LogP contribution in [0.3, 0.4) is 0 Å². The highest BCUT2D eigenvalue weighted by atomic mass is 16.5. The number of hydrogen-bond donors (Lipinski definition) is 1. The molecule has 2 unspecified atom stereocenters. The Bertz CT molecular complexity index is 291. The van der Waals surface area contributed by atoms with Crippen molar-refractivity contribution in [3.05, 3.63) is 0 Å². The van der Waals surface area contributed by atoms with E-state index in [0.717, 1.165) is 44.1 Å². The number of nitrogens with two attached hydrogens (primary N) is 1. The van der Waals surface area contributed by atoms with Gasteiger partial charge in [0, 0.05) is 25.2 Å². The molecule has 0 saturated heterocycles. The first-order valence-corrected chi connectivity index (χ1v) is 8.56. The SMILES string of the molecule is CC(C)C1CCCC(CN)(N(C)CCOCC2CC2)C1. The van der Waals surface area contributed by atoms with Crippen LogP contribution in [0.4, 0.5) is 0 Å². The van der Waals surface area contributed by atoms with Crippen molar-refractivity contribution in [2.45, 2.75) is 57.9 Å². The molecule has 0 aromatic heterocycles. The van der Waals surface area contributed by atoms with Gasteiger partial charge >= 0.3 is 0 Å². The van der Waals surface area contributed by atoms with Gasteiger partial charge < -0.3 is 10.5 Å². The Hall–Kier alpha value is -0.120. The summed E-state index contributed by atoms with van der Waals surface area (Å²) in [4.78, 5) is 2.49. The highest BCUT2D eigenvalue weighted by Crippen LogP contribution is 2.39. The lowest BCUT2D eigenvalue weighted by molar-refractivity contribution is 0.0182. The first-order valence-electron chi connectivity index (χ1n) is 8.56. The number of nitrogens with zero attached hydrogens (tertiary/aromatic N) is 1. The minimum Gasteiger partial charge on any atom is -0.380 e. The zero-order valence-corrected chi connectivity index (χ0v) is 13.7. The standard InChI is InChI=1S/C17H34N2O/c1-14(2)16-5-4-8-17(11-16,13-18)19(3)9-10-20-12-15-6-7-15/h14-16H,4-13,18H2,1-3H3. The van der Waals surface area contributed by atoms with Crippen molar-refractivity contribution >= 4 is 0 Å². The molecule has 2 fully saturated rings. The van der Waals surface area contributed by atoms with E-state index in [1.807, 2.05) is 0 Å². The number of ether oxygens (including phenoxy) is 1. The van der Waals surface area contributed by atoms with Crippen LogP contribution >= 0.6 is 0 Å². The van der Waals surface area contributed by atoms with Gasteiger partial charge in [-0.05, 0) is 50.5 Å². The molecule has 118 valence electrons. The summed E-state index contributed by atoms with van der Waals surface area (Å²) in [5.74, 6) is 2.48. The maximum absolute atomic E-state index is 6.18. The van der Waals surface area contributed by atoms with Crippen molar-refractivity contribution < 1.29 is 4.74 Å². The molecule has 0 heterocycles. The van der Waals surface area contributed by atoms with Crippen molar-refractivity contribution in [1.29, 1.82) is 0 Å². The van der Waals surface area contributed by atoms with Gasteiger partial charge in [0.25, 0.3) is 0 Å². The minimum absolute atomic E-state index is 0.218. The Morgan fingerprint density at radius 2 is 2.05 bits per heavy atom. The van der Waals surface area contributed by atoms with E-state index in [2.05, 4.69) is 25.8 Å². The molecule has 0 aromatic rings. The summed E-state index contributed by atoms with van der Waals surface area (Å²) < 4.78 is 5.80. The third-order valence-corrected chi connectivity index (χ3v) is 5.61. The van der Waals surface area contributed by atoms with Crippen LogP contribution in [0.1, 0.15) is 52.4 Å². The molecule has 0 bridgehead atoms. The molecule has 0 radical (unpaired) electrons. The average Bonchev–Trinajstić information content (AvgIpc) is 3.27. The quantitative estimate of drug-likeness (QED) is 0.696. The first-order chi connectivity index (χ1) is 9.57. The third-order valence-electron chi connectivity index (χ3n) is 5.61. The molecule has 0 amide bonds. The van der Waals surface area contributed by atoms with Gasteiger partial charge in [0.1, 0.15) is 0 Å². The van der Waals surface area contributed by atoms with Crippen molar-refractivity contribution in [2.75, 3.05) is 33.4 Å². The molecular formula is C17H34N2O. The molecule has 0 spiro atoms. The largest absolute Gasteiger partial charge is 0.380 e. The van der Waals surface area contributed by atoms with Crippen molar-refractivity contribution in [2.24, 2.45) is 23.5 Å². The van der Waals surface area contributed by atoms with E-state index >= 15 is 0 Å². The highest BCUT2D eigenvalue weighted by molar-refractivity contribution is 4.96. The molecule has 0 aromatic carbocycles. The van der Waals surface area contributed by atoms with Crippen molar-refractivity contribution in [3.8, 4) is 0 Å². The maximum Gasteiger partial charge on any atom is 0.0593 e. The van der Waals surface area contributed by atoms with Crippen LogP contribution in [0.25, 0.3) is 0 Å². The molecule has 20 heavy (non-hydrogen) atoms. The Balaban J connectivity index is 1.80. The molecule has 3 heteroatoms. The van der Waals surface area contributed by atoms with E-state index in [0.29, 0.717) is 0 Å². The Labute approximate surface area is 125 Å². The van der Waals surface area contributed by atoms with Crippen molar-refractivity contribution in [3.63, 3.8) is 0 Å². The first kappa shape index (κ1) is 16.3. The third kappa shape index (κ3) is 4.19. The Morgan fingerprint density at radius 1 is 1.30 bits per heavy atom. The van der Waals surface area contributed by atoms with Crippen molar-refractivity contribution in [1.82, 2.24) is 4.90 Å². The highest BCUT2D eigenvalue weighted by Gasteiger charge is 2.39. The monoisotopic (exact) mass is 282 g/mol. The second-order valence-electron chi connectivity index (χ2n) is 7.47. The van der Waals surface area contributed by atoms with E-state index in [1.165, 1.54) is 38.5 Å². The predicted molar refractivity (Wildman–Crippen MR) is 84.8 cm³/mol. The summed E-state index contributed by atoms with van der Waals surface area (Å²) in [6, 6.07) is 0. The summed E-state index contributed by atoms with van der Waals surface area (Å²) >= 11 is 0. The summed E-state index contributed by atoms with van der Waals surface area (Å²) in [7, 11) is 2.25. The zero-order chi connectivity index (χ0) is 14.6. The van der Waals surface area contributed by atoms with Gasteiger partial charge in [0.15, 0.2) is 0 Å². The number of hydrogen-bond acceptors (Lipinski definition) is 3. The van der Waals surface area contributed by atoms with Crippen LogP contribution in [0.5, 0.6) is 0 Å². The van der Waals surface area contributed by atoms with Crippen LogP contribution in [-0.4, -0.2) is 43.8 Å². The van der Waals surface area contributed by atoms with E-state index in [1.54, 1.807) is 0 Å². The molecule has 3 nitrogen and oxygen atoms in total. The summed E-state index contributed by atoms with van der Waals surface area (Å²) in [6.45, 7) is 8.36. The van der Waals surface area contributed by atoms with Gasteiger partial charge in [-0.3, -0.25) is 4.90 Å². The van der Waals surface area contributed by atoms with Gasteiger partial charge in [-0.1, -0.05) is 26.7 Å². The molecule has 2 N–H and O–H groups in total. The van der Waals surface area contributed by atoms with Crippen LogP contribution in [0.15, 0.2) is 0 Å². The average molecular weight is 282 g/mol. The topological polar surface area (TPSA) is 38.5 Å². The van der Waals surface area contributed by atoms with Gasteiger partial charge in [-0.15, -0.1) is 0 Å². The van der Waals surface area contributed by atoms with Gasteiger partial charge in [-0.25, -0.2) is 0 Å². The van der Waals surface area contributed by atoms with Crippen LogP contribution in [-0.2, 0) is 4.74 Å². The fourth-order valence-corrected chi connectivity index (χ4v) is 3.62. The normalized spacial score (nSPS) is 31.2. The lowest BCUT2D eigenvalue weighted by Crippen LogP contribution is -2.56. The van der Waals surface area contributed by atoms with E-state index < -0.39 is 0 Å². The Morgan fingerprint density at radius 3 is 2.65 bits per heavy atom. The van der Waals surface area contributed by atoms with Gasteiger partial charge in [0.2, 0.25) is 0 Å². The van der Waals surface area contributed by atoms with Crippen LogP contribution < -0.4 is 5.73 Å². The lowest BCUT2D eigenvalue weighted by Gasteiger charge is -2.47. The zero-order valence-electron chi connectivity index (χ0n) is 13.7. The van der Waals surface area contributed by atoms with E-state index in [9.17, 15) is 0 Å². The maximum atomic E-state index is 6.18. The molecule has 2 atom stereocenters. The molecule has 2 aliphatic carbocycles. The number of rotatable bonds is 8. The van der Waals surface area contributed by atoms with E-state index in [-0.39, 0.29) is 5.54 Å². The fourth-order valence-electron chi connectivity index (χ4n) is 3.62. The Kier molecular flexibility index (Phi) is 5.88. The molecule has 2 saturated carbocycles. The van der Waals surface area contributed by atoms with Crippen LogP contribution in [0, 0.1) is 17.8 Å². The second kappa shape index (κ2) is 7.24. The molecule has 2 aliphatic rings. The van der Waals surface area contributed by atoms with E-state index in [4.69, 9.17) is 10.5 Å². The minimum atomic E-state index is 0.218. The second-order valence-corrected chi connectivity index (χ2v) is 7.47. The molecular weight excluding hydrogens is 248 g/mol. The summed E-state index contributed by atoms with van der Waals surface area (Å²) in [5.41, 5.74) is 6.40. The van der Waals surface area contributed by atoms with Gasteiger partial charge in [-0.2, -0.15) is 0 Å². The fraction of sp³-hybridized carbons (Fsp3) is 1.00. The van der Waals surface area contributed by atoms with Gasteiger partial charge in [0.05, 0.1) is 6.61 Å². The predicted octanol–water partition coefficient (Wildman–Crippen LogP) is 2.89. The summed E-state index contributed by atoms with van der Waals surface area (Å²) in [5, 5.41) is 0. The molecule has 0 aliphatic heterocycles. The molecule has 2 rings (SSSR count). The van der Waals surface area contributed by atoms with Crippen LogP contribution in [0.2, 0.25) is 0 Å². The lowest BCUT2D eigenvalue weighted by atomic mass is 9.71. The summed E-state index contributed by atoms with van der Waals surface area (Å²) in [6.07, 6.45) is 7.97.